The summed E-state index contributed by atoms with van der Waals surface area (Å²) < 4.78 is 66.0. The fourth-order valence-electron chi connectivity index (χ4n) is 10.5. The number of halogens is 1. The molecule has 4 saturated carbocycles. The van der Waals surface area contributed by atoms with Gasteiger partial charge in [0.25, 0.3) is 11.8 Å². The first-order valence-electron chi connectivity index (χ1n) is 26.8. The molecule has 2 aromatic heterocycles. The third-order valence-electron chi connectivity index (χ3n) is 15.9. The Hall–Kier alpha value is -5.21. The zero-order chi connectivity index (χ0) is 53.8. The van der Waals surface area contributed by atoms with E-state index in [1.165, 1.54) is 43.9 Å². The molecule has 19 heteroatoms. The number of aromatic nitrogens is 2. The molecule has 4 aromatic rings. The third-order valence-corrected chi connectivity index (χ3v) is 20.4. The van der Waals surface area contributed by atoms with Gasteiger partial charge in [-0.3, -0.25) is 9.59 Å². The second-order valence-electron chi connectivity index (χ2n) is 23.1. The number of hydrogen-bond acceptors (Lipinski definition) is 14. The number of hydrogen-bond donors (Lipinski definition) is 6. The van der Waals surface area contributed by atoms with Crippen LogP contribution in [0.1, 0.15) is 151 Å². The Kier molecular flexibility index (Phi) is 17.0. The topological polar surface area (TPSA) is 237 Å². The minimum atomic E-state index is -3.42. The van der Waals surface area contributed by atoms with Crippen molar-refractivity contribution >= 4 is 60.3 Å². The van der Waals surface area contributed by atoms with Gasteiger partial charge in [-0.25, -0.2) is 26.8 Å². The molecule has 0 unspecified atom stereocenters. The van der Waals surface area contributed by atoms with E-state index >= 15 is 0 Å². The molecule has 2 saturated heterocycles. The Morgan fingerprint density at radius 2 is 1.03 bits per heavy atom. The summed E-state index contributed by atoms with van der Waals surface area (Å²) in [6.07, 6.45) is 15.8. The molecule has 7 N–H and O–H groups in total. The Labute approximate surface area is 442 Å². The van der Waals surface area contributed by atoms with Crippen LogP contribution in [0.15, 0.2) is 82.6 Å². The van der Waals surface area contributed by atoms with Crippen LogP contribution >= 0.6 is 0 Å². The molecule has 4 heterocycles. The number of nitrogens with zero attached hydrogens (tertiary/aromatic N) is 4. The van der Waals surface area contributed by atoms with Crippen molar-refractivity contribution in [3.8, 4) is 0 Å². The number of carbonyl (C=O) groups excluding carboxylic acids is 2. The number of benzene rings is 2. The molecule has 0 radical (unpaired) electrons. The smallest absolute Gasteiger partial charge is 0.259 e. The van der Waals surface area contributed by atoms with E-state index in [1.54, 1.807) is 82.3 Å². The van der Waals surface area contributed by atoms with Crippen molar-refractivity contribution in [1.82, 2.24) is 9.97 Å². The first-order valence-corrected chi connectivity index (χ1v) is 29.9. The monoisotopic (exact) mass is 1070 g/mol. The highest BCUT2D eigenvalue weighted by molar-refractivity contribution is 7.92. The summed E-state index contributed by atoms with van der Waals surface area (Å²) in [6.45, 7) is 10.7. The number of nitrogens with two attached hydrogens (primary N) is 1. The molecule has 75 heavy (non-hydrogen) atoms. The van der Waals surface area contributed by atoms with E-state index in [4.69, 9.17) is 15.8 Å². The average Bonchev–Trinajstić information content (AvgIpc) is 4.09. The third kappa shape index (κ3) is 14.4. The molecular weight excluding hydrogens is 996 g/mol. The van der Waals surface area contributed by atoms with E-state index in [9.17, 15) is 35.9 Å². The van der Waals surface area contributed by atoms with Gasteiger partial charge in [0.2, 0.25) is 5.95 Å². The van der Waals surface area contributed by atoms with Crippen LogP contribution in [0.5, 0.6) is 0 Å². The van der Waals surface area contributed by atoms with Crippen LogP contribution in [0, 0.1) is 16.8 Å². The highest BCUT2D eigenvalue weighted by Crippen LogP contribution is 2.55. The molecule has 408 valence electrons. The van der Waals surface area contributed by atoms with E-state index in [1.807, 2.05) is 4.90 Å². The number of rotatable bonds is 14. The summed E-state index contributed by atoms with van der Waals surface area (Å²) in [7, 11) is -6.84. The molecule has 6 fully saturated rings. The van der Waals surface area contributed by atoms with Crippen molar-refractivity contribution < 1.29 is 41.0 Å². The van der Waals surface area contributed by atoms with Gasteiger partial charge in [0.1, 0.15) is 17.5 Å². The van der Waals surface area contributed by atoms with Crippen LogP contribution in [-0.2, 0) is 19.7 Å². The number of sulfone groups is 2. The van der Waals surface area contributed by atoms with E-state index in [0.29, 0.717) is 89.6 Å². The predicted molar refractivity (Wildman–Crippen MR) is 292 cm³/mol. The van der Waals surface area contributed by atoms with Gasteiger partial charge in [-0.2, -0.15) is 4.39 Å². The number of pyridine rings is 2. The quantitative estimate of drug-likeness (QED) is 0.0647. The van der Waals surface area contributed by atoms with Gasteiger partial charge in [-0.15, -0.1) is 0 Å². The Morgan fingerprint density at radius 3 is 1.41 bits per heavy atom. The van der Waals surface area contributed by atoms with Crippen LogP contribution in [0.25, 0.3) is 0 Å². The van der Waals surface area contributed by atoms with Gasteiger partial charge in [0.05, 0.1) is 42.6 Å². The maximum absolute atomic E-state index is 14.0. The minimum Gasteiger partial charge on any atom is -0.389 e. The highest BCUT2D eigenvalue weighted by Gasteiger charge is 2.46. The molecule has 4 aliphatic carbocycles. The van der Waals surface area contributed by atoms with Crippen LogP contribution in [-0.4, -0.2) is 110 Å². The summed E-state index contributed by atoms with van der Waals surface area (Å²) in [5.74, 6) is 0.211. The molecule has 2 spiro atoms. The molecule has 2 aliphatic heterocycles. The average molecular weight is 1070 g/mol. The van der Waals surface area contributed by atoms with Crippen LogP contribution in [0.3, 0.4) is 0 Å². The van der Waals surface area contributed by atoms with Gasteiger partial charge in [-0.1, -0.05) is 37.8 Å². The van der Waals surface area contributed by atoms with Crippen molar-refractivity contribution in [2.24, 2.45) is 16.6 Å². The van der Waals surface area contributed by atoms with Gasteiger partial charge >= 0.3 is 0 Å². The summed E-state index contributed by atoms with van der Waals surface area (Å²) >= 11 is 0. The highest BCUT2D eigenvalue weighted by atomic mass is 32.2. The second kappa shape index (κ2) is 22.8. The molecular formula is C56H77FN8O8S2. The standard InChI is InChI=1S/C28H38N4O4S.C24H28FN3O3S.C4H11NO/c1-27(2,34)19-29-24-11-10-23(25(31-24)32-16-14-28(12-13-28)15-17-32)26(33)30-20-6-5-9-22(18-20)37(35,36)21-7-3-4-8-21;25-21-9-8-20(22(27-21)28-14-12-24(10-11-24)13-15-28)23(29)26-17-4-3-7-19(16-17)32(30,31)18-5-1-2-6-18;1-4(2,6)3-5/h5-6,9-11,18,21,34H,3-4,7-8,12-17,19H2,1-2H3,(H,29,31)(H,30,33);3-4,7-9,16,18H,1-2,5-6,10-15H2,(H,26,29);6H,3,5H2,1-2H3. The number of aliphatic hydroxyl groups is 2. The first-order chi connectivity index (χ1) is 35.5. The summed E-state index contributed by atoms with van der Waals surface area (Å²) in [5, 5.41) is 27.0. The lowest BCUT2D eigenvalue weighted by atomic mass is 9.93. The van der Waals surface area contributed by atoms with Gasteiger partial charge in [0.15, 0.2) is 19.7 Å². The molecule has 2 amide bonds. The molecule has 0 atom stereocenters. The van der Waals surface area contributed by atoms with Crippen molar-refractivity contribution in [3.05, 3.63) is 89.9 Å². The normalized spacial score (nSPS) is 19.4. The second-order valence-corrected chi connectivity index (χ2v) is 27.6. The van der Waals surface area contributed by atoms with Crippen molar-refractivity contribution in [1.29, 1.82) is 0 Å². The predicted octanol–water partition coefficient (Wildman–Crippen LogP) is 8.90. The molecule has 6 aliphatic rings. The van der Waals surface area contributed by atoms with Crippen LogP contribution in [0.2, 0.25) is 0 Å². The minimum absolute atomic E-state index is 0.227. The molecule has 10 rings (SSSR count). The lowest BCUT2D eigenvalue weighted by molar-refractivity contribution is 0.0897. The summed E-state index contributed by atoms with van der Waals surface area (Å²) in [6, 6.07) is 19.1. The molecule has 2 aromatic carbocycles. The van der Waals surface area contributed by atoms with Gasteiger partial charge in [-0.05, 0) is 176 Å². The number of anilines is 5. The molecule has 16 nitrogen and oxygen atoms in total. The number of nitrogens with one attached hydrogen (secondary N) is 3. The summed E-state index contributed by atoms with van der Waals surface area (Å²) in [4.78, 5) is 40.0. The van der Waals surface area contributed by atoms with E-state index in [2.05, 4.69) is 25.8 Å². The van der Waals surface area contributed by atoms with Crippen molar-refractivity contribution in [2.75, 3.05) is 65.0 Å². The maximum atomic E-state index is 14.0. The van der Waals surface area contributed by atoms with Crippen LogP contribution < -0.4 is 31.5 Å². The summed E-state index contributed by atoms with van der Waals surface area (Å²) in [5.41, 5.74) is 6.02. The van der Waals surface area contributed by atoms with Crippen molar-refractivity contribution in [3.63, 3.8) is 0 Å². The SMILES string of the molecule is CC(C)(O)CN.CC(C)(O)CNc1ccc(C(=O)Nc2cccc(S(=O)(=O)C3CCCC3)c2)c(N2CCC3(CC2)CC3)n1.O=C(Nc1cccc(S(=O)(=O)C2CCCC2)c1)c1ccc(F)nc1N1CCC2(CC1)CC2. The first kappa shape index (κ1) is 56.0. The zero-order valence-corrected chi connectivity index (χ0v) is 45.7. The van der Waals surface area contributed by atoms with E-state index < -0.39 is 42.7 Å². The van der Waals surface area contributed by atoms with E-state index in [-0.39, 0.29) is 26.2 Å². The Morgan fingerprint density at radius 1 is 0.627 bits per heavy atom. The fourth-order valence-corrected chi connectivity index (χ4v) is 14.3. The Balaban J connectivity index is 0.000000181. The largest absolute Gasteiger partial charge is 0.389 e. The van der Waals surface area contributed by atoms with E-state index in [0.717, 1.165) is 77.5 Å². The zero-order valence-electron chi connectivity index (χ0n) is 44.0. The lowest BCUT2D eigenvalue weighted by Gasteiger charge is -2.34. The Bertz CT molecular complexity index is 2890. The number of amides is 2. The number of piperidine rings is 2. The lowest BCUT2D eigenvalue weighted by Crippen LogP contribution is -2.36. The van der Waals surface area contributed by atoms with Crippen LogP contribution in [0.4, 0.5) is 33.2 Å². The molecule has 0 bridgehead atoms. The number of carbonyl (C=O) groups is 2. The van der Waals surface area contributed by atoms with Gasteiger partial charge in [0, 0.05) is 50.6 Å². The van der Waals surface area contributed by atoms with Gasteiger partial charge < -0.3 is 41.7 Å². The maximum Gasteiger partial charge on any atom is 0.259 e. The fraction of sp³-hybridized carbons (Fsp3) is 0.571. The van der Waals surface area contributed by atoms with Crippen molar-refractivity contribution in [2.45, 2.75) is 162 Å².